The summed E-state index contributed by atoms with van der Waals surface area (Å²) in [5.74, 6) is -1.12. The Kier molecular flexibility index (Phi) is 4.36. The fourth-order valence-electron chi connectivity index (χ4n) is 1.34. The first kappa shape index (κ1) is 14.8. The van der Waals surface area contributed by atoms with Gasteiger partial charge in [-0.2, -0.15) is 13.2 Å². The van der Waals surface area contributed by atoms with Crippen molar-refractivity contribution in [3.63, 3.8) is 0 Å². The molecule has 3 N–H and O–H groups in total. The van der Waals surface area contributed by atoms with E-state index in [1.54, 1.807) is 5.32 Å². The molecule has 0 aromatic heterocycles. The summed E-state index contributed by atoms with van der Waals surface area (Å²) in [6.07, 6.45) is -4.49. The van der Waals surface area contributed by atoms with Gasteiger partial charge in [-0.15, -0.1) is 0 Å². The molecule has 0 saturated heterocycles. The zero-order valence-corrected chi connectivity index (χ0v) is 9.84. The number of hydrogen-bond acceptors (Lipinski definition) is 2. The quantitative estimate of drug-likeness (QED) is 0.793. The van der Waals surface area contributed by atoms with Gasteiger partial charge in [0.2, 0.25) is 0 Å². The van der Waals surface area contributed by atoms with Gasteiger partial charge in [-0.05, 0) is 30.7 Å². The first-order valence-corrected chi connectivity index (χ1v) is 5.14. The summed E-state index contributed by atoms with van der Waals surface area (Å²) in [7, 11) is 0. The van der Waals surface area contributed by atoms with Gasteiger partial charge < -0.3 is 15.7 Å². The average Bonchev–Trinajstić information content (AvgIpc) is 2.25. The van der Waals surface area contributed by atoms with Gasteiger partial charge in [-0.1, -0.05) is 0 Å². The minimum atomic E-state index is -4.49. The van der Waals surface area contributed by atoms with Crippen molar-refractivity contribution in [2.75, 3.05) is 11.9 Å². The molecule has 8 heteroatoms. The van der Waals surface area contributed by atoms with E-state index >= 15 is 0 Å². The summed E-state index contributed by atoms with van der Waals surface area (Å²) >= 11 is 0. The lowest BCUT2D eigenvalue weighted by Crippen LogP contribution is -2.36. The second kappa shape index (κ2) is 5.59. The van der Waals surface area contributed by atoms with E-state index in [2.05, 4.69) is 5.32 Å². The Hall–Kier alpha value is -2.25. The van der Waals surface area contributed by atoms with E-state index in [-0.39, 0.29) is 11.3 Å². The molecular formula is C11H11F3N2O3. The van der Waals surface area contributed by atoms with Crippen molar-refractivity contribution in [2.24, 2.45) is 0 Å². The van der Waals surface area contributed by atoms with Crippen LogP contribution in [0.2, 0.25) is 0 Å². The van der Waals surface area contributed by atoms with Crippen LogP contribution in [0.3, 0.4) is 0 Å². The summed E-state index contributed by atoms with van der Waals surface area (Å²) in [6.45, 7) is 0.0767. The molecule has 0 saturated carbocycles. The number of halogens is 3. The van der Waals surface area contributed by atoms with Crippen LogP contribution in [0.25, 0.3) is 0 Å². The first-order chi connectivity index (χ1) is 8.69. The molecule has 1 aromatic rings. The third-order valence-electron chi connectivity index (χ3n) is 2.16. The van der Waals surface area contributed by atoms with Gasteiger partial charge in [0, 0.05) is 5.69 Å². The Morgan fingerprint density at radius 3 is 2.42 bits per heavy atom. The number of carboxylic acid groups (broad SMARTS) is 1. The topological polar surface area (TPSA) is 78.4 Å². The number of anilines is 1. The molecule has 0 aliphatic heterocycles. The maximum atomic E-state index is 11.9. The number of carboxylic acids is 1. The number of hydrogen-bond donors (Lipinski definition) is 3. The van der Waals surface area contributed by atoms with Gasteiger partial charge >= 0.3 is 18.2 Å². The number of aryl methyl sites for hydroxylation is 1. The number of carbonyl (C=O) groups excluding carboxylic acids is 1. The molecule has 0 unspecified atom stereocenters. The molecule has 0 spiro atoms. The highest BCUT2D eigenvalue weighted by Gasteiger charge is 2.27. The van der Waals surface area contributed by atoms with E-state index in [0.717, 1.165) is 0 Å². The number of aromatic carboxylic acids is 1. The second-order valence-corrected chi connectivity index (χ2v) is 3.76. The minimum Gasteiger partial charge on any atom is -0.478 e. The monoisotopic (exact) mass is 276 g/mol. The maximum Gasteiger partial charge on any atom is 0.405 e. The van der Waals surface area contributed by atoms with Crippen molar-refractivity contribution >= 4 is 17.7 Å². The molecule has 0 heterocycles. The summed E-state index contributed by atoms with van der Waals surface area (Å²) in [5, 5.41) is 12.6. The van der Waals surface area contributed by atoms with Crippen LogP contribution >= 0.6 is 0 Å². The molecule has 0 fully saturated rings. The van der Waals surface area contributed by atoms with Crippen LogP contribution in [-0.2, 0) is 0 Å². The van der Waals surface area contributed by atoms with Crippen LogP contribution < -0.4 is 10.6 Å². The third kappa shape index (κ3) is 4.86. The number of urea groups is 1. The van der Waals surface area contributed by atoms with E-state index in [4.69, 9.17) is 5.11 Å². The van der Waals surface area contributed by atoms with Crippen LogP contribution in [0.15, 0.2) is 18.2 Å². The summed E-state index contributed by atoms with van der Waals surface area (Å²) in [6, 6.07) is 2.90. The highest BCUT2D eigenvalue weighted by Crippen LogP contribution is 2.16. The Morgan fingerprint density at radius 2 is 1.95 bits per heavy atom. The zero-order valence-electron chi connectivity index (χ0n) is 9.84. The maximum absolute atomic E-state index is 11.9. The van der Waals surface area contributed by atoms with Crippen molar-refractivity contribution in [1.82, 2.24) is 5.32 Å². The summed E-state index contributed by atoms with van der Waals surface area (Å²) in [5.41, 5.74) is 0.657. The lowest BCUT2D eigenvalue weighted by Gasteiger charge is -2.10. The number of amides is 2. The predicted octanol–water partition coefficient (Wildman–Crippen LogP) is 2.38. The smallest absolute Gasteiger partial charge is 0.405 e. The molecule has 0 aliphatic carbocycles. The zero-order chi connectivity index (χ0) is 14.6. The first-order valence-electron chi connectivity index (χ1n) is 5.14. The number of rotatable bonds is 3. The van der Waals surface area contributed by atoms with Crippen LogP contribution in [0, 0.1) is 6.92 Å². The normalized spacial score (nSPS) is 10.9. The van der Waals surface area contributed by atoms with E-state index in [0.29, 0.717) is 5.56 Å². The molecule has 0 radical (unpaired) electrons. The van der Waals surface area contributed by atoms with E-state index in [9.17, 15) is 22.8 Å². The SMILES string of the molecule is Cc1cc(NC(=O)NCC(F)(F)F)ccc1C(=O)O. The average molecular weight is 276 g/mol. The van der Waals surface area contributed by atoms with Gasteiger partial charge in [0.05, 0.1) is 5.56 Å². The Balaban J connectivity index is 2.65. The van der Waals surface area contributed by atoms with Crippen molar-refractivity contribution in [3.05, 3.63) is 29.3 Å². The van der Waals surface area contributed by atoms with E-state index in [1.807, 2.05) is 0 Å². The summed E-state index contributed by atoms with van der Waals surface area (Å²) in [4.78, 5) is 21.9. The van der Waals surface area contributed by atoms with Crippen LogP contribution in [0.4, 0.5) is 23.7 Å². The predicted molar refractivity (Wildman–Crippen MR) is 61.2 cm³/mol. The van der Waals surface area contributed by atoms with Gasteiger partial charge in [-0.25, -0.2) is 9.59 Å². The fraction of sp³-hybridized carbons (Fsp3) is 0.273. The second-order valence-electron chi connectivity index (χ2n) is 3.76. The molecular weight excluding hydrogens is 265 g/mol. The molecule has 0 aliphatic rings. The van der Waals surface area contributed by atoms with Crippen molar-refractivity contribution in [3.8, 4) is 0 Å². The number of alkyl halides is 3. The molecule has 0 bridgehead atoms. The van der Waals surface area contributed by atoms with Crippen LogP contribution in [0.5, 0.6) is 0 Å². The Labute approximate surface area is 106 Å². The Morgan fingerprint density at radius 1 is 1.32 bits per heavy atom. The Bertz CT molecular complexity index is 500. The highest BCUT2D eigenvalue weighted by atomic mass is 19.4. The van der Waals surface area contributed by atoms with Gasteiger partial charge in [0.15, 0.2) is 0 Å². The van der Waals surface area contributed by atoms with Gasteiger partial charge in [0.25, 0.3) is 0 Å². The largest absolute Gasteiger partial charge is 0.478 e. The molecule has 2 amide bonds. The van der Waals surface area contributed by atoms with Crippen molar-refractivity contribution in [2.45, 2.75) is 13.1 Å². The third-order valence-corrected chi connectivity index (χ3v) is 2.16. The van der Waals surface area contributed by atoms with E-state index < -0.39 is 24.7 Å². The molecule has 1 aromatic carbocycles. The lowest BCUT2D eigenvalue weighted by molar-refractivity contribution is -0.122. The van der Waals surface area contributed by atoms with E-state index in [1.165, 1.54) is 25.1 Å². The van der Waals surface area contributed by atoms with Crippen LogP contribution in [0.1, 0.15) is 15.9 Å². The number of nitrogens with one attached hydrogen (secondary N) is 2. The molecule has 1 rings (SSSR count). The molecule has 19 heavy (non-hydrogen) atoms. The fourth-order valence-corrected chi connectivity index (χ4v) is 1.34. The standard InChI is InChI=1S/C11H11F3N2O3/c1-6-4-7(2-3-8(6)9(17)18)16-10(19)15-5-11(12,13)14/h2-4H,5H2,1H3,(H,17,18)(H2,15,16,19). The highest BCUT2D eigenvalue weighted by molar-refractivity contribution is 5.92. The van der Waals surface area contributed by atoms with Crippen molar-refractivity contribution < 1.29 is 27.9 Å². The van der Waals surface area contributed by atoms with Gasteiger partial charge in [-0.3, -0.25) is 0 Å². The molecule has 104 valence electrons. The lowest BCUT2D eigenvalue weighted by atomic mass is 10.1. The minimum absolute atomic E-state index is 0.0567. The number of benzene rings is 1. The number of carbonyl (C=O) groups is 2. The molecule has 0 atom stereocenters. The van der Waals surface area contributed by atoms with Crippen LogP contribution in [-0.4, -0.2) is 29.8 Å². The summed E-state index contributed by atoms with van der Waals surface area (Å²) < 4.78 is 35.6. The van der Waals surface area contributed by atoms with Gasteiger partial charge in [0.1, 0.15) is 6.54 Å². The van der Waals surface area contributed by atoms with Crippen molar-refractivity contribution in [1.29, 1.82) is 0 Å². The molecule has 5 nitrogen and oxygen atoms in total.